The molecule has 0 unspecified atom stereocenters. The van der Waals surface area contributed by atoms with E-state index in [9.17, 15) is 9.18 Å². The molecule has 1 aromatic heterocycles. The Bertz CT molecular complexity index is 729. The summed E-state index contributed by atoms with van der Waals surface area (Å²) >= 11 is 0. The molecule has 1 amide bonds. The fraction of sp³-hybridized carbons (Fsp3) is 0.474. The number of carbonyl (C=O) groups is 1. The number of nitrogens with zero attached hydrogens (tertiary/aromatic N) is 3. The topological polar surface area (TPSA) is 47.4 Å². The van der Waals surface area contributed by atoms with Crippen LogP contribution in [0.1, 0.15) is 31.0 Å². The Morgan fingerprint density at radius 3 is 2.76 bits per heavy atom. The third kappa shape index (κ3) is 4.07. The number of carbonyl (C=O) groups excluding carboxylic acids is 1. The maximum atomic E-state index is 13.1. The molecule has 1 fully saturated rings. The van der Waals surface area contributed by atoms with E-state index in [1.54, 1.807) is 23.0 Å². The van der Waals surface area contributed by atoms with E-state index in [0.717, 1.165) is 37.1 Å². The van der Waals surface area contributed by atoms with Crippen molar-refractivity contribution in [3.63, 3.8) is 0 Å². The van der Waals surface area contributed by atoms with Gasteiger partial charge in [-0.15, -0.1) is 0 Å². The highest BCUT2D eigenvalue weighted by molar-refractivity contribution is 5.78. The molecule has 1 atom stereocenters. The number of aromatic nitrogens is 2. The summed E-state index contributed by atoms with van der Waals surface area (Å²) in [6.07, 6.45) is 4.35. The number of ether oxygens (including phenoxy) is 1. The highest BCUT2D eigenvalue weighted by Crippen LogP contribution is 2.32. The number of amides is 1. The minimum atomic E-state index is -0.245. The van der Waals surface area contributed by atoms with E-state index < -0.39 is 0 Å². The van der Waals surface area contributed by atoms with Gasteiger partial charge in [-0.05, 0) is 49.9 Å². The zero-order chi connectivity index (χ0) is 17.9. The monoisotopic (exact) mass is 345 g/mol. The van der Waals surface area contributed by atoms with Crippen molar-refractivity contribution in [2.24, 2.45) is 7.05 Å². The van der Waals surface area contributed by atoms with Crippen LogP contribution >= 0.6 is 0 Å². The first-order valence-electron chi connectivity index (χ1n) is 8.57. The van der Waals surface area contributed by atoms with Crippen molar-refractivity contribution in [1.29, 1.82) is 0 Å². The van der Waals surface area contributed by atoms with Crippen molar-refractivity contribution in [1.82, 2.24) is 14.7 Å². The molecule has 2 heterocycles. The number of likely N-dealkylation sites (tertiary alicyclic amines) is 1. The van der Waals surface area contributed by atoms with E-state index in [1.165, 1.54) is 12.1 Å². The molecule has 0 radical (unpaired) electrons. The molecule has 0 saturated carbocycles. The van der Waals surface area contributed by atoms with Crippen LogP contribution < -0.4 is 0 Å². The lowest BCUT2D eigenvalue weighted by molar-refractivity contribution is -0.140. The zero-order valence-corrected chi connectivity index (χ0v) is 14.7. The Hall–Kier alpha value is -2.21. The van der Waals surface area contributed by atoms with Gasteiger partial charge in [0.05, 0.1) is 12.3 Å². The Kier molecular flexibility index (Phi) is 5.18. The summed E-state index contributed by atoms with van der Waals surface area (Å²) in [6.45, 7) is 3.27. The molecule has 0 spiro atoms. The predicted octanol–water partition coefficient (Wildman–Crippen LogP) is 2.70. The molecule has 0 N–H and O–H groups in total. The lowest BCUT2D eigenvalue weighted by Crippen LogP contribution is -2.48. The molecule has 6 heteroatoms. The van der Waals surface area contributed by atoms with Crippen molar-refractivity contribution < 1.29 is 13.9 Å². The number of rotatable bonds is 6. The van der Waals surface area contributed by atoms with Crippen LogP contribution in [0.15, 0.2) is 36.5 Å². The molecule has 1 aliphatic heterocycles. The standard InChI is InChI=1S/C19H24FN3O2/c1-19(12-15-4-6-16(20)7-5-15)9-3-11-23(19)18(24)14-25-13-17-8-10-21-22(17)2/h4-8,10H,3,9,11-14H2,1-2H3/t19-/m0/s1. The molecule has 1 aromatic carbocycles. The van der Waals surface area contributed by atoms with Gasteiger partial charge in [0.25, 0.3) is 0 Å². The third-order valence-electron chi connectivity index (χ3n) is 4.95. The fourth-order valence-corrected chi connectivity index (χ4v) is 3.54. The number of hydrogen-bond donors (Lipinski definition) is 0. The smallest absolute Gasteiger partial charge is 0.249 e. The number of halogens is 1. The maximum absolute atomic E-state index is 13.1. The molecular weight excluding hydrogens is 321 g/mol. The van der Waals surface area contributed by atoms with Gasteiger partial charge >= 0.3 is 0 Å². The van der Waals surface area contributed by atoms with Gasteiger partial charge in [0.2, 0.25) is 5.91 Å². The molecule has 1 aliphatic rings. The van der Waals surface area contributed by atoms with E-state index in [0.29, 0.717) is 6.61 Å². The second-order valence-electron chi connectivity index (χ2n) is 6.89. The van der Waals surface area contributed by atoms with Gasteiger partial charge in [-0.2, -0.15) is 5.10 Å². The van der Waals surface area contributed by atoms with Gasteiger partial charge in [0, 0.05) is 25.3 Å². The molecule has 2 aromatic rings. The lowest BCUT2D eigenvalue weighted by atomic mass is 9.90. The van der Waals surface area contributed by atoms with Crippen molar-refractivity contribution >= 4 is 5.91 Å². The number of aryl methyl sites for hydroxylation is 1. The predicted molar refractivity (Wildman–Crippen MR) is 92.3 cm³/mol. The van der Waals surface area contributed by atoms with Gasteiger partial charge in [-0.3, -0.25) is 9.48 Å². The molecule has 3 rings (SSSR count). The van der Waals surface area contributed by atoms with Crippen LogP contribution in [0, 0.1) is 5.82 Å². The van der Waals surface area contributed by atoms with Gasteiger partial charge < -0.3 is 9.64 Å². The van der Waals surface area contributed by atoms with Crippen LogP contribution in [0.25, 0.3) is 0 Å². The van der Waals surface area contributed by atoms with Gasteiger partial charge in [-0.1, -0.05) is 12.1 Å². The van der Waals surface area contributed by atoms with Crippen molar-refractivity contribution in [3.8, 4) is 0 Å². The second-order valence-corrected chi connectivity index (χ2v) is 6.89. The first kappa shape index (κ1) is 17.6. The quantitative estimate of drug-likeness (QED) is 0.809. The summed E-state index contributed by atoms with van der Waals surface area (Å²) in [7, 11) is 1.85. The molecule has 0 aliphatic carbocycles. The molecule has 134 valence electrons. The van der Waals surface area contributed by atoms with E-state index in [4.69, 9.17) is 4.74 Å². The largest absolute Gasteiger partial charge is 0.365 e. The Labute approximate surface area is 147 Å². The Balaban J connectivity index is 1.58. The van der Waals surface area contributed by atoms with Crippen LogP contribution in [0.3, 0.4) is 0 Å². The van der Waals surface area contributed by atoms with E-state index >= 15 is 0 Å². The first-order chi connectivity index (χ1) is 12.0. The molecular formula is C19H24FN3O2. The number of benzene rings is 1. The highest BCUT2D eigenvalue weighted by Gasteiger charge is 2.39. The van der Waals surface area contributed by atoms with Gasteiger partial charge in [-0.25, -0.2) is 4.39 Å². The van der Waals surface area contributed by atoms with E-state index in [-0.39, 0.29) is 23.9 Å². The normalized spacial score (nSPS) is 20.2. The lowest BCUT2D eigenvalue weighted by Gasteiger charge is -2.35. The highest BCUT2D eigenvalue weighted by atomic mass is 19.1. The van der Waals surface area contributed by atoms with Crippen LogP contribution in [0.4, 0.5) is 4.39 Å². The van der Waals surface area contributed by atoms with Crippen LogP contribution in [-0.2, 0) is 29.6 Å². The van der Waals surface area contributed by atoms with Crippen LogP contribution in [-0.4, -0.2) is 39.3 Å². The number of hydrogen-bond acceptors (Lipinski definition) is 3. The molecule has 0 bridgehead atoms. The SMILES string of the molecule is Cn1nccc1COCC(=O)N1CCC[C@@]1(C)Cc1ccc(F)cc1. The zero-order valence-electron chi connectivity index (χ0n) is 14.7. The maximum Gasteiger partial charge on any atom is 0.249 e. The fourth-order valence-electron chi connectivity index (χ4n) is 3.54. The third-order valence-corrected chi connectivity index (χ3v) is 4.95. The summed E-state index contributed by atoms with van der Waals surface area (Å²) in [5.41, 5.74) is 1.73. The van der Waals surface area contributed by atoms with Crippen molar-refractivity contribution in [3.05, 3.63) is 53.6 Å². The molecule has 25 heavy (non-hydrogen) atoms. The van der Waals surface area contributed by atoms with E-state index in [2.05, 4.69) is 12.0 Å². The average molecular weight is 345 g/mol. The Morgan fingerprint density at radius 1 is 1.32 bits per heavy atom. The molecule has 5 nitrogen and oxygen atoms in total. The van der Waals surface area contributed by atoms with Crippen LogP contribution in [0.5, 0.6) is 0 Å². The van der Waals surface area contributed by atoms with Crippen LogP contribution in [0.2, 0.25) is 0 Å². The summed E-state index contributed by atoms with van der Waals surface area (Å²) in [5.74, 6) is -0.235. The first-order valence-corrected chi connectivity index (χ1v) is 8.57. The summed E-state index contributed by atoms with van der Waals surface area (Å²) in [4.78, 5) is 14.6. The summed E-state index contributed by atoms with van der Waals surface area (Å²) < 4.78 is 20.4. The minimum absolute atomic E-state index is 0.00396. The molecule has 1 saturated heterocycles. The Morgan fingerprint density at radius 2 is 2.08 bits per heavy atom. The average Bonchev–Trinajstić information content (AvgIpc) is 3.16. The van der Waals surface area contributed by atoms with Crippen molar-refractivity contribution in [2.75, 3.05) is 13.2 Å². The van der Waals surface area contributed by atoms with E-state index in [1.807, 2.05) is 18.0 Å². The van der Waals surface area contributed by atoms with Gasteiger partial charge in [0.15, 0.2) is 0 Å². The summed E-state index contributed by atoms with van der Waals surface area (Å²) in [6, 6.07) is 8.40. The minimum Gasteiger partial charge on any atom is -0.365 e. The van der Waals surface area contributed by atoms with Gasteiger partial charge in [0.1, 0.15) is 12.4 Å². The summed E-state index contributed by atoms with van der Waals surface area (Å²) in [5, 5.41) is 4.08. The van der Waals surface area contributed by atoms with Crippen molar-refractivity contribution in [2.45, 2.75) is 38.3 Å². The second kappa shape index (κ2) is 7.35.